The monoisotopic (exact) mass is 258 g/mol. The number of rotatable bonds is 4. The molecule has 1 rings (SSSR count). The first kappa shape index (κ1) is 13.4. The number of halogens is 1. The molecule has 0 aliphatic carbocycles. The number of ether oxygens (including phenoxy) is 1. The first-order valence-electron chi connectivity index (χ1n) is 5.10. The Morgan fingerprint density at radius 2 is 1.94 bits per heavy atom. The highest BCUT2D eigenvalue weighted by Crippen LogP contribution is 2.13. The second kappa shape index (κ2) is 6.16. The summed E-state index contributed by atoms with van der Waals surface area (Å²) in [7, 11) is 0. The third-order valence-electron chi connectivity index (χ3n) is 2.17. The number of carbonyl (C=O) groups is 1. The van der Waals surface area contributed by atoms with Crippen molar-refractivity contribution in [2.75, 3.05) is 0 Å². The standard InChI is InChI=1S/C12H15ClO2S/c1-8(2)11(16)12(14)15-7-9-3-5-10(13)6-4-9/h3-6,8,11,16H,7H2,1-2H3. The molecule has 0 saturated heterocycles. The van der Waals surface area contributed by atoms with Crippen molar-refractivity contribution in [3.05, 3.63) is 34.9 Å². The van der Waals surface area contributed by atoms with E-state index in [0.29, 0.717) is 5.02 Å². The highest BCUT2D eigenvalue weighted by atomic mass is 35.5. The molecule has 0 spiro atoms. The highest BCUT2D eigenvalue weighted by Gasteiger charge is 2.18. The molecular weight excluding hydrogens is 244 g/mol. The van der Waals surface area contributed by atoms with Gasteiger partial charge in [0.1, 0.15) is 11.9 Å². The summed E-state index contributed by atoms with van der Waals surface area (Å²) in [6.45, 7) is 4.13. The Hall–Kier alpha value is -0.670. The van der Waals surface area contributed by atoms with Crippen LogP contribution in [-0.4, -0.2) is 11.2 Å². The Balaban J connectivity index is 2.46. The lowest BCUT2D eigenvalue weighted by Crippen LogP contribution is -2.23. The fourth-order valence-corrected chi connectivity index (χ4v) is 1.29. The second-order valence-corrected chi connectivity index (χ2v) is 4.92. The van der Waals surface area contributed by atoms with Crippen LogP contribution in [0.2, 0.25) is 5.02 Å². The molecule has 1 aromatic rings. The molecule has 88 valence electrons. The molecular formula is C12H15ClO2S. The van der Waals surface area contributed by atoms with E-state index in [-0.39, 0.29) is 23.7 Å². The summed E-state index contributed by atoms with van der Waals surface area (Å²) in [6.07, 6.45) is 0. The van der Waals surface area contributed by atoms with Gasteiger partial charge in [0, 0.05) is 5.02 Å². The molecule has 0 aliphatic heterocycles. The molecule has 16 heavy (non-hydrogen) atoms. The summed E-state index contributed by atoms with van der Waals surface area (Å²) in [5, 5.41) is 0.302. The average Bonchev–Trinajstić information content (AvgIpc) is 2.26. The van der Waals surface area contributed by atoms with E-state index in [1.165, 1.54) is 0 Å². The molecule has 1 aromatic carbocycles. The van der Waals surface area contributed by atoms with Crippen LogP contribution in [0.4, 0.5) is 0 Å². The molecule has 0 fully saturated rings. The van der Waals surface area contributed by atoms with Crippen LogP contribution in [0.15, 0.2) is 24.3 Å². The molecule has 0 amide bonds. The number of hydrogen-bond donors (Lipinski definition) is 1. The first-order valence-corrected chi connectivity index (χ1v) is 5.99. The van der Waals surface area contributed by atoms with E-state index < -0.39 is 0 Å². The van der Waals surface area contributed by atoms with Crippen LogP contribution in [0.1, 0.15) is 19.4 Å². The average molecular weight is 259 g/mol. The summed E-state index contributed by atoms with van der Waals surface area (Å²) in [4.78, 5) is 11.5. The van der Waals surface area contributed by atoms with Gasteiger partial charge in [0.25, 0.3) is 0 Å². The summed E-state index contributed by atoms with van der Waals surface area (Å²) in [6, 6.07) is 7.20. The lowest BCUT2D eigenvalue weighted by molar-refractivity contribution is -0.145. The van der Waals surface area contributed by atoms with Crippen LogP contribution >= 0.6 is 24.2 Å². The Morgan fingerprint density at radius 1 is 1.38 bits per heavy atom. The Morgan fingerprint density at radius 3 is 2.44 bits per heavy atom. The molecule has 0 aliphatic rings. The predicted molar refractivity (Wildman–Crippen MR) is 68.9 cm³/mol. The normalized spacial score (nSPS) is 12.6. The maximum atomic E-state index is 11.5. The SMILES string of the molecule is CC(C)C(S)C(=O)OCc1ccc(Cl)cc1. The van der Waals surface area contributed by atoms with Crippen molar-refractivity contribution in [3.63, 3.8) is 0 Å². The maximum absolute atomic E-state index is 11.5. The molecule has 1 atom stereocenters. The number of benzene rings is 1. The third-order valence-corrected chi connectivity index (χ3v) is 3.23. The van der Waals surface area contributed by atoms with Gasteiger partial charge in [-0.05, 0) is 23.6 Å². The fraction of sp³-hybridized carbons (Fsp3) is 0.417. The summed E-state index contributed by atoms with van der Waals surface area (Å²) < 4.78 is 5.13. The molecule has 1 unspecified atom stereocenters. The first-order chi connectivity index (χ1) is 7.50. The van der Waals surface area contributed by atoms with E-state index in [1.807, 2.05) is 26.0 Å². The second-order valence-electron chi connectivity index (χ2n) is 3.92. The maximum Gasteiger partial charge on any atom is 0.319 e. The third kappa shape index (κ3) is 4.06. The van der Waals surface area contributed by atoms with Gasteiger partial charge in [0.05, 0.1) is 0 Å². The summed E-state index contributed by atoms with van der Waals surface area (Å²) in [5.41, 5.74) is 0.919. The van der Waals surface area contributed by atoms with E-state index in [4.69, 9.17) is 16.3 Å². The van der Waals surface area contributed by atoms with Gasteiger partial charge >= 0.3 is 5.97 Å². The van der Waals surface area contributed by atoms with Gasteiger partial charge < -0.3 is 4.74 Å². The number of thiol groups is 1. The fourth-order valence-electron chi connectivity index (χ4n) is 1.09. The van der Waals surface area contributed by atoms with Gasteiger partial charge in [-0.25, -0.2) is 0 Å². The zero-order chi connectivity index (χ0) is 12.1. The molecule has 4 heteroatoms. The van der Waals surface area contributed by atoms with Crippen LogP contribution in [0.5, 0.6) is 0 Å². The number of carbonyl (C=O) groups excluding carboxylic acids is 1. The van der Waals surface area contributed by atoms with Crippen molar-refractivity contribution in [1.29, 1.82) is 0 Å². The Bertz CT molecular complexity index is 349. The number of esters is 1. The lowest BCUT2D eigenvalue weighted by atomic mass is 10.1. The molecule has 0 aromatic heterocycles. The van der Waals surface area contributed by atoms with Gasteiger partial charge in [-0.1, -0.05) is 37.6 Å². The summed E-state index contributed by atoms with van der Waals surface area (Å²) in [5.74, 6) is -0.116. The molecule has 2 nitrogen and oxygen atoms in total. The smallest absolute Gasteiger partial charge is 0.319 e. The zero-order valence-corrected chi connectivity index (χ0v) is 11.0. The van der Waals surface area contributed by atoms with Gasteiger partial charge in [-0.3, -0.25) is 4.79 Å². The Kier molecular flexibility index (Phi) is 5.16. The van der Waals surface area contributed by atoms with Crippen molar-refractivity contribution < 1.29 is 9.53 Å². The van der Waals surface area contributed by atoms with E-state index in [0.717, 1.165) is 5.56 Å². The van der Waals surface area contributed by atoms with Gasteiger partial charge in [-0.2, -0.15) is 12.6 Å². The van der Waals surface area contributed by atoms with Crippen LogP contribution in [-0.2, 0) is 16.1 Å². The van der Waals surface area contributed by atoms with Crippen LogP contribution in [0.3, 0.4) is 0 Å². The van der Waals surface area contributed by atoms with Crippen LogP contribution in [0.25, 0.3) is 0 Å². The minimum atomic E-state index is -0.368. The molecule has 0 N–H and O–H groups in total. The predicted octanol–water partition coefficient (Wildman–Crippen LogP) is 3.34. The van der Waals surface area contributed by atoms with E-state index >= 15 is 0 Å². The molecule has 0 radical (unpaired) electrons. The quantitative estimate of drug-likeness (QED) is 0.662. The zero-order valence-electron chi connectivity index (χ0n) is 9.31. The van der Waals surface area contributed by atoms with Gasteiger partial charge in [-0.15, -0.1) is 0 Å². The summed E-state index contributed by atoms with van der Waals surface area (Å²) >= 11 is 9.93. The topological polar surface area (TPSA) is 26.3 Å². The van der Waals surface area contributed by atoms with E-state index in [1.54, 1.807) is 12.1 Å². The van der Waals surface area contributed by atoms with Crippen molar-refractivity contribution in [1.82, 2.24) is 0 Å². The van der Waals surface area contributed by atoms with Crippen LogP contribution < -0.4 is 0 Å². The van der Waals surface area contributed by atoms with E-state index in [9.17, 15) is 4.79 Å². The largest absolute Gasteiger partial charge is 0.460 e. The number of hydrogen-bond acceptors (Lipinski definition) is 3. The van der Waals surface area contributed by atoms with Crippen LogP contribution in [0, 0.1) is 5.92 Å². The minimum Gasteiger partial charge on any atom is -0.460 e. The highest BCUT2D eigenvalue weighted by molar-refractivity contribution is 7.81. The van der Waals surface area contributed by atoms with Gasteiger partial charge in [0.2, 0.25) is 0 Å². The van der Waals surface area contributed by atoms with Crippen molar-refractivity contribution in [3.8, 4) is 0 Å². The molecule has 0 heterocycles. The molecule has 0 bridgehead atoms. The van der Waals surface area contributed by atoms with Crippen molar-refractivity contribution in [2.24, 2.45) is 5.92 Å². The minimum absolute atomic E-state index is 0.168. The lowest BCUT2D eigenvalue weighted by Gasteiger charge is -2.13. The van der Waals surface area contributed by atoms with Crippen molar-refractivity contribution in [2.45, 2.75) is 25.7 Å². The molecule has 0 saturated carbocycles. The van der Waals surface area contributed by atoms with Gasteiger partial charge in [0.15, 0.2) is 0 Å². The van der Waals surface area contributed by atoms with E-state index in [2.05, 4.69) is 12.6 Å². The van der Waals surface area contributed by atoms with Crippen molar-refractivity contribution >= 4 is 30.2 Å². The Labute approximate surface area is 106 Å².